The Morgan fingerprint density at radius 2 is 1.73 bits per heavy atom. The Kier molecular flexibility index (Phi) is 5.64. The van der Waals surface area contributed by atoms with Crippen molar-refractivity contribution in [2.24, 2.45) is 0 Å². The molecule has 2 atom stereocenters. The molecule has 2 heterocycles. The van der Waals surface area contributed by atoms with E-state index in [1.807, 2.05) is 0 Å². The van der Waals surface area contributed by atoms with Gasteiger partial charge in [0.1, 0.15) is 11.6 Å². The zero-order chi connectivity index (χ0) is 24.0. The second-order valence-corrected chi connectivity index (χ2v) is 7.66. The molecule has 4 rings (SSSR count). The van der Waals surface area contributed by atoms with Crippen molar-refractivity contribution in [3.05, 3.63) is 77.9 Å². The number of hydrogen-bond acceptors (Lipinski definition) is 5. The smallest absolute Gasteiger partial charge is 0.394 e. The summed E-state index contributed by atoms with van der Waals surface area (Å²) in [5, 5.41) is 34.1. The van der Waals surface area contributed by atoms with Crippen LogP contribution < -0.4 is 5.73 Å². The van der Waals surface area contributed by atoms with E-state index in [2.05, 4.69) is 5.10 Å². The van der Waals surface area contributed by atoms with Gasteiger partial charge in [0.2, 0.25) is 5.60 Å². The molecule has 0 bridgehead atoms. The van der Waals surface area contributed by atoms with Gasteiger partial charge in [-0.1, -0.05) is 6.07 Å². The topological polar surface area (TPSA) is 109 Å². The van der Waals surface area contributed by atoms with Gasteiger partial charge in [-0.25, -0.2) is 9.07 Å². The van der Waals surface area contributed by atoms with Crippen molar-refractivity contribution in [1.29, 1.82) is 0 Å². The van der Waals surface area contributed by atoms with Crippen molar-refractivity contribution >= 4 is 16.7 Å². The first-order chi connectivity index (χ1) is 15.5. The largest absolute Gasteiger partial charge is 0.425 e. The Labute approximate surface area is 184 Å². The molecule has 2 unspecified atom stereocenters. The van der Waals surface area contributed by atoms with Gasteiger partial charge in [0, 0.05) is 17.1 Å². The number of aromatic nitrogens is 3. The lowest BCUT2D eigenvalue weighted by Gasteiger charge is -2.30. The third kappa shape index (κ3) is 3.94. The minimum atomic E-state index is -5.11. The molecule has 174 valence electrons. The predicted octanol–water partition coefficient (Wildman–Crippen LogP) is 2.70. The van der Waals surface area contributed by atoms with E-state index < -0.39 is 41.4 Å². The van der Waals surface area contributed by atoms with Gasteiger partial charge in [-0.15, -0.1) is 0 Å². The summed E-state index contributed by atoms with van der Waals surface area (Å²) in [4.78, 5) is 0. The Morgan fingerprint density at radius 3 is 2.36 bits per heavy atom. The monoisotopic (exact) mass is 464 g/mol. The van der Waals surface area contributed by atoms with Crippen LogP contribution in [0.25, 0.3) is 16.6 Å². The van der Waals surface area contributed by atoms with Gasteiger partial charge < -0.3 is 25.6 Å². The Hall–Kier alpha value is -3.41. The van der Waals surface area contributed by atoms with Crippen molar-refractivity contribution in [2.45, 2.75) is 24.4 Å². The molecule has 7 nitrogen and oxygen atoms in total. The maximum absolute atomic E-state index is 14.2. The molecule has 0 spiro atoms. The number of anilines is 1. The molecule has 2 aromatic heterocycles. The third-order valence-electron chi connectivity index (χ3n) is 5.43. The van der Waals surface area contributed by atoms with Crippen molar-refractivity contribution in [3.63, 3.8) is 0 Å². The van der Waals surface area contributed by atoms with E-state index in [0.29, 0.717) is 16.6 Å². The molecule has 5 N–H and O–H groups in total. The molecule has 2 aromatic carbocycles. The number of benzene rings is 2. The number of halogens is 4. The zero-order valence-electron chi connectivity index (χ0n) is 17.0. The minimum Gasteiger partial charge on any atom is -0.394 e. The first-order valence-corrected chi connectivity index (χ1v) is 9.83. The summed E-state index contributed by atoms with van der Waals surface area (Å²) in [5.74, 6) is -0.559. The van der Waals surface area contributed by atoms with Gasteiger partial charge in [-0.05, 0) is 48.0 Å². The van der Waals surface area contributed by atoms with Crippen LogP contribution in [-0.4, -0.2) is 48.6 Å². The third-order valence-corrected chi connectivity index (χ3v) is 5.43. The van der Waals surface area contributed by atoms with Crippen LogP contribution in [0.2, 0.25) is 0 Å². The second-order valence-electron chi connectivity index (χ2n) is 7.66. The SMILES string of the molecule is Nc1cc(C(O)(c2ccc3c(cnn3-c3ccc(F)cc3)c2)C(F)(F)F)cn1CC(O)CO. The molecular formula is C22H20F4N4O3. The van der Waals surface area contributed by atoms with Gasteiger partial charge in [-0.3, -0.25) is 0 Å². The maximum Gasteiger partial charge on any atom is 0.425 e. The number of hydrogen-bond donors (Lipinski definition) is 4. The first-order valence-electron chi connectivity index (χ1n) is 9.83. The van der Waals surface area contributed by atoms with Gasteiger partial charge in [0.25, 0.3) is 0 Å². The van der Waals surface area contributed by atoms with E-state index in [9.17, 15) is 27.8 Å². The molecule has 0 saturated heterocycles. The quantitative estimate of drug-likeness (QED) is 0.328. The first kappa shape index (κ1) is 22.8. The molecule has 0 amide bonds. The van der Waals surface area contributed by atoms with Crippen molar-refractivity contribution in [3.8, 4) is 5.69 Å². The summed E-state index contributed by atoms with van der Waals surface area (Å²) in [6.07, 6.45) is -4.01. The van der Waals surface area contributed by atoms with Crippen LogP contribution in [-0.2, 0) is 12.1 Å². The average Bonchev–Trinajstić information content (AvgIpc) is 3.36. The highest BCUT2D eigenvalue weighted by Gasteiger charge is 2.57. The normalized spacial score (nSPS) is 15.0. The predicted molar refractivity (Wildman–Crippen MR) is 112 cm³/mol. The van der Waals surface area contributed by atoms with Crippen LogP contribution in [0.1, 0.15) is 11.1 Å². The molecule has 33 heavy (non-hydrogen) atoms. The minimum absolute atomic E-state index is 0.120. The fourth-order valence-electron chi connectivity index (χ4n) is 3.70. The Bertz CT molecular complexity index is 1280. The number of rotatable bonds is 6. The fraction of sp³-hybridized carbons (Fsp3) is 0.227. The van der Waals surface area contributed by atoms with Crippen LogP contribution in [0.3, 0.4) is 0 Å². The Balaban J connectivity index is 1.80. The lowest BCUT2D eigenvalue weighted by atomic mass is 9.86. The summed E-state index contributed by atoms with van der Waals surface area (Å²) < 4.78 is 58.4. The van der Waals surface area contributed by atoms with Crippen LogP contribution in [0.5, 0.6) is 0 Å². The van der Waals surface area contributed by atoms with Gasteiger partial charge in [0.05, 0.1) is 36.7 Å². The summed E-state index contributed by atoms with van der Waals surface area (Å²) >= 11 is 0. The van der Waals surface area contributed by atoms with E-state index in [0.717, 1.165) is 22.9 Å². The molecule has 0 fully saturated rings. The summed E-state index contributed by atoms with van der Waals surface area (Å²) in [5.41, 5.74) is 2.35. The average molecular weight is 464 g/mol. The number of aliphatic hydroxyl groups is 3. The number of nitrogens with zero attached hydrogens (tertiary/aromatic N) is 3. The molecule has 0 aliphatic rings. The Morgan fingerprint density at radius 1 is 1.03 bits per heavy atom. The van der Waals surface area contributed by atoms with E-state index in [-0.39, 0.29) is 12.4 Å². The molecular weight excluding hydrogens is 444 g/mol. The highest BCUT2D eigenvalue weighted by Crippen LogP contribution is 2.45. The number of alkyl halides is 3. The van der Waals surface area contributed by atoms with E-state index in [1.165, 1.54) is 47.3 Å². The molecule has 4 aromatic rings. The maximum atomic E-state index is 14.2. The lowest BCUT2D eigenvalue weighted by Crippen LogP contribution is -2.43. The van der Waals surface area contributed by atoms with E-state index in [4.69, 9.17) is 10.8 Å². The number of fused-ring (bicyclic) bond motifs is 1. The van der Waals surface area contributed by atoms with Gasteiger partial charge in [0.15, 0.2) is 0 Å². The van der Waals surface area contributed by atoms with Gasteiger partial charge in [-0.2, -0.15) is 18.3 Å². The highest BCUT2D eigenvalue weighted by atomic mass is 19.4. The standard InChI is InChI=1S/C22H20F4N4O3/c23-16-2-4-17(5-3-16)30-19-6-1-14(7-13(19)9-28-30)21(33,22(24,25)26)15-8-20(27)29(10-15)11-18(32)12-31/h1-10,18,31-33H,11-12,27H2. The number of nitrogen functional groups attached to an aromatic ring is 1. The van der Waals surface area contributed by atoms with Gasteiger partial charge >= 0.3 is 6.18 Å². The molecule has 0 aliphatic carbocycles. The second kappa shape index (κ2) is 8.18. The van der Waals surface area contributed by atoms with Crippen LogP contribution in [0.4, 0.5) is 23.4 Å². The number of nitrogens with two attached hydrogens (primary N) is 1. The molecule has 11 heteroatoms. The van der Waals surface area contributed by atoms with Crippen LogP contribution >= 0.6 is 0 Å². The van der Waals surface area contributed by atoms with E-state index >= 15 is 0 Å². The van der Waals surface area contributed by atoms with E-state index in [1.54, 1.807) is 0 Å². The van der Waals surface area contributed by atoms with Crippen molar-refractivity contribution in [2.75, 3.05) is 12.3 Å². The van der Waals surface area contributed by atoms with Crippen LogP contribution in [0, 0.1) is 5.82 Å². The summed E-state index contributed by atoms with van der Waals surface area (Å²) in [6.45, 7) is -0.856. The summed E-state index contributed by atoms with van der Waals surface area (Å²) in [6, 6.07) is 10.1. The molecule has 0 saturated carbocycles. The van der Waals surface area contributed by atoms with Crippen LogP contribution in [0.15, 0.2) is 60.9 Å². The highest BCUT2D eigenvalue weighted by molar-refractivity contribution is 5.81. The molecule has 0 radical (unpaired) electrons. The zero-order valence-corrected chi connectivity index (χ0v) is 17.0. The van der Waals surface area contributed by atoms with Crippen molar-refractivity contribution in [1.82, 2.24) is 14.3 Å². The number of aliphatic hydroxyl groups excluding tert-OH is 2. The fourth-order valence-corrected chi connectivity index (χ4v) is 3.70. The molecule has 0 aliphatic heterocycles. The lowest BCUT2D eigenvalue weighted by molar-refractivity contribution is -0.248. The van der Waals surface area contributed by atoms with Crippen molar-refractivity contribution < 1.29 is 32.9 Å². The summed E-state index contributed by atoms with van der Waals surface area (Å²) in [7, 11) is 0.